The fourth-order valence-corrected chi connectivity index (χ4v) is 5.54. The molecule has 12 heteroatoms. The van der Waals surface area contributed by atoms with Gasteiger partial charge in [-0.15, -0.1) is 0 Å². The zero-order chi connectivity index (χ0) is 23.2. The van der Waals surface area contributed by atoms with Gasteiger partial charge in [-0.2, -0.15) is 0 Å². The van der Waals surface area contributed by atoms with Gasteiger partial charge in [-0.05, 0) is 13.8 Å². The maximum atomic E-state index is 12.6. The van der Waals surface area contributed by atoms with Crippen LogP contribution in [0.3, 0.4) is 0 Å². The first-order chi connectivity index (χ1) is 15.2. The number of hydrogen-bond acceptors (Lipinski definition) is 7. The lowest BCUT2D eigenvalue weighted by Crippen LogP contribution is -2.35. The predicted molar refractivity (Wildman–Crippen MR) is 122 cm³/mol. The minimum Gasteiger partial charge on any atom is -0.465 e. The molecule has 1 aliphatic heterocycles. The van der Waals surface area contributed by atoms with Crippen molar-refractivity contribution in [3.8, 4) is 0 Å². The zero-order valence-electron chi connectivity index (χ0n) is 17.8. The quantitative estimate of drug-likeness (QED) is 0.503. The van der Waals surface area contributed by atoms with E-state index < -0.39 is 5.97 Å². The molecule has 1 saturated carbocycles. The van der Waals surface area contributed by atoms with E-state index in [0.29, 0.717) is 46.1 Å². The molecule has 2 aromatic rings. The Morgan fingerprint density at radius 1 is 1.25 bits per heavy atom. The number of piperidine rings is 1. The van der Waals surface area contributed by atoms with Crippen molar-refractivity contribution in [3.63, 3.8) is 0 Å². The summed E-state index contributed by atoms with van der Waals surface area (Å²) in [5, 5.41) is 7.00. The van der Waals surface area contributed by atoms with E-state index in [4.69, 9.17) is 27.9 Å². The summed E-state index contributed by atoms with van der Waals surface area (Å²) in [6.07, 6.45) is 0.0209. The van der Waals surface area contributed by atoms with E-state index in [1.165, 1.54) is 18.4 Å². The van der Waals surface area contributed by atoms with Gasteiger partial charge in [0.15, 0.2) is 5.13 Å². The molecule has 1 saturated heterocycles. The average Bonchev–Trinajstić information content (AvgIpc) is 3.13. The molecule has 3 heterocycles. The molecule has 0 bridgehead atoms. The van der Waals surface area contributed by atoms with Gasteiger partial charge in [-0.3, -0.25) is 9.59 Å². The molecular weight excluding hydrogens is 477 g/mol. The van der Waals surface area contributed by atoms with Crippen molar-refractivity contribution in [1.29, 1.82) is 0 Å². The smallest absolute Gasteiger partial charge is 0.350 e. The summed E-state index contributed by atoms with van der Waals surface area (Å²) in [6, 6.07) is 0.0482. The van der Waals surface area contributed by atoms with Gasteiger partial charge in [0.2, 0.25) is 5.91 Å². The number of aryl methyl sites for hydroxylation is 1. The molecule has 4 rings (SSSR count). The summed E-state index contributed by atoms with van der Waals surface area (Å²) in [5.74, 6) is -0.412. The number of hydrogen-bond donors (Lipinski definition) is 3. The van der Waals surface area contributed by atoms with Crippen LogP contribution >= 0.6 is 34.5 Å². The molecule has 2 aliphatic rings. The third kappa shape index (κ3) is 4.18. The van der Waals surface area contributed by atoms with Crippen LogP contribution in [-0.2, 0) is 16.0 Å². The topological polar surface area (TPSA) is 116 Å². The minimum atomic E-state index is -0.501. The summed E-state index contributed by atoms with van der Waals surface area (Å²) >= 11 is 13.4. The van der Waals surface area contributed by atoms with Gasteiger partial charge in [0.1, 0.15) is 10.6 Å². The molecule has 3 atom stereocenters. The average molecular weight is 500 g/mol. The summed E-state index contributed by atoms with van der Waals surface area (Å²) in [6.45, 7) is 5.49. The van der Waals surface area contributed by atoms with Crippen LogP contribution in [0.4, 0.5) is 5.13 Å². The molecular formula is C20H23Cl2N5O4S. The highest BCUT2D eigenvalue weighted by Gasteiger charge is 2.57. The third-order valence-corrected chi connectivity index (χ3v) is 7.89. The highest BCUT2D eigenvalue weighted by Crippen LogP contribution is 2.48. The zero-order valence-corrected chi connectivity index (χ0v) is 20.1. The van der Waals surface area contributed by atoms with Crippen LogP contribution in [0.5, 0.6) is 0 Å². The number of amides is 2. The van der Waals surface area contributed by atoms with Gasteiger partial charge < -0.3 is 25.3 Å². The molecule has 0 radical (unpaired) electrons. The Hall–Kier alpha value is -2.30. The van der Waals surface area contributed by atoms with E-state index in [2.05, 4.69) is 25.5 Å². The first kappa shape index (κ1) is 22.9. The maximum Gasteiger partial charge on any atom is 0.350 e. The molecule has 1 aliphatic carbocycles. The number of ether oxygens (including phenoxy) is 1. The number of nitrogens with zero attached hydrogens (tertiary/aromatic N) is 2. The van der Waals surface area contributed by atoms with Crippen LogP contribution in [0.2, 0.25) is 10.0 Å². The lowest BCUT2D eigenvalue weighted by molar-refractivity contribution is -0.120. The number of aromatic amines is 1. The van der Waals surface area contributed by atoms with Crippen molar-refractivity contribution in [3.05, 3.63) is 32.0 Å². The van der Waals surface area contributed by atoms with E-state index in [9.17, 15) is 14.4 Å². The number of fused-ring (bicyclic) bond motifs is 1. The number of carbonyl (C=O) groups excluding carboxylic acids is 3. The third-order valence-electron chi connectivity index (χ3n) is 5.80. The number of rotatable bonds is 7. The number of thiazole rings is 1. The predicted octanol–water partition coefficient (Wildman–Crippen LogP) is 2.42. The van der Waals surface area contributed by atoms with Crippen molar-refractivity contribution in [1.82, 2.24) is 20.6 Å². The van der Waals surface area contributed by atoms with E-state index in [0.717, 1.165) is 0 Å². The molecule has 3 N–H and O–H groups in total. The van der Waals surface area contributed by atoms with Crippen LogP contribution in [0, 0.1) is 18.8 Å². The Balaban J connectivity index is 1.40. The van der Waals surface area contributed by atoms with Gasteiger partial charge in [0.05, 0.1) is 29.3 Å². The van der Waals surface area contributed by atoms with E-state index >= 15 is 0 Å². The van der Waals surface area contributed by atoms with Crippen LogP contribution in [0.15, 0.2) is 0 Å². The Bertz CT molecular complexity index is 1070. The number of nitrogens with one attached hydrogen (secondary N) is 3. The van der Waals surface area contributed by atoms with E-state index in [1.54, 1.807) is 6.92 Å². The second-order valence-electron chi connectivity index (χ2n) is 7.88. The SMILES string of the molecule is CCNC(=O)Cc1nc(N2C[C@@H]3C(NC(=O)c4[nH]c(C)c(Cl)c4Cl)[C@@H]3C2)sc1C(=O)OC. The summed E-state index contributed by atoms with van der Waals surface area (Å²) < 4.78 is 4.86. The van der Waals surface area contributed by atoms with E-state index in [1.807, 2.05) is 6.92 Å². The number of likely N-dealkylation sites (N-methyl/N-ethyl adjacent to an activating group) is 1. The van der Waals surface area contributed by atoms with Gasteiger partial charge in [0.25, 0.3) is 5.91 Å². The summed E-state index contributed by atoms with van der Waals surface area (Å²) in [5.41, 5.74) is 1.34. The fourth-order valence-electron chi connectivity index (χ4n) is 4.11. The highest BCUT2D eigenvalue weighted by molar-refractivity contribution is 7.17. The van der Waals surface area contributed by atoms with Gasteiger partial charge in [-0.25, -0.2) is 9.78 Å². The van der Waals surface area contributed by atoms with Gasteiger partial charge in [-0.1, -0.05) is 34.5 Å². The first-order valence-corrected chi connectivity index (χ1v) is 11.8. The number of esters is 1. The Morgan fingerprint density at radius 2 is 1.94 bits per heavy atom. The molecule has 32 heavy (non-hydrogen) atoms. The van der Waals surface area contributed by atoms with Crippen LogP contribution in [0.1, 0.15) is 38.5 Å². The number of H-pyrrole nitrogens is 1. The number of carbonyl (C=O) groups is 3. The molecule has 9 nitrogen and oxygen atoms in total. The number of methoxy groups -OCH3 is 1. The van der Waals surface area contributed by atoms with Crippen molar-refractivity contribution < 1.29 is 19.1 Å². The molecule has 2 aromatic heterocycles. The molecule has 2 amide bonds. The summed E-state index contributed by atoms with van der Waals surface area (Å²) in [4.78, 5) is 46.6. The standard InChI is InChI=1S/C20H23Cl2N5O4S/c1-4-23-12(28)5-11-17(19(30)31-3)32-20(25-11)27-6-9-10(7-27)15(9)26-18(29)16-14(22)13(21)8(2)24-16/h9-10,15,24H,4-7H2,1-3H3,(H,23,28)(H,26,29)/t9-,10+,15?. The normalized spacial score (nSPS) is 21.3. The molecule has 2 fully saturated rings. The van der Waals surface area contributed by atoms with Crippen LogP contribution in [-0.4, -0.2) is 60.5 Å². The van der Waals surface area contributed by atoms with Crippen molar-refractivity contribution >= 4 is 57.5 Å². The number of halogens is 2. The van der Waals surface area contributed by atoms with Crippen molar-refractivity contribution in [2.75, 3.05) is 31.6 Å². The van der Waals surface area contributed by atoms with E-state index in [-0.39, 0.29) is 46.8 Å². The Labute approximate surface area is 198 Å². The molecule has 0 spiro atoms. The highest BCUT2D eigenvalue weighted by atomic mass is 35.5. The monoisotopic (exact) mass is 499 g/mol. The fraction of sp³-hybridized carbons (Fsp3) is 0.500. The Morgan fingerprint density at radius 3 is 2.50 bits per heavy atom. The van der Waals surface area contributed by atoms with Crippen LogP contribution in [0.25, 0.3) is 0 Å². The van der Waals surface area contributed by atoms with Crippen LogP contribution < -0.4 is 15.5 Å². The van der Waals surface area contributed by atoms with Crippen molar-refractivity contribution in [2.24, 2.45) is 11.8 Å². The second-order valence-corrected chi connectivity index (χ2v) is 9.61. The van der Waals surface area contributed by atoms with Gasteiger partial charge in [0, 0.05) is 43.2 Å². The lowest BCUT2D eigenvalue weighted by atomic mass is 10.2. The Kier molecular flexibility index (Phi) is 6.37. The minimum absolute atomic E-state index is 0.0209. The second kappa shape index (κ2) is 8.92. The first-order valence-electron chi connectivity index (χ1n) is 10.2. The van der Waals surface area contributed by atoms with Gasteiger partial charge >= 0.3 is 5.97 Å². The number of anilines is 1. The maximum absolute atomic E-state index is 12.6. The lowest BCUT2D eigenvalue weighted by Gasteiger charge is -2.19. The van der Waals surface area contributed by atoms with Crippen molar-refractivity contribution in [2.45, 2.75) is 26.3 Å². The largest absolute Gasteiger partial charge is 0.465 e. The molecule has 172 valence electrons. The number of aromatic nitrogens is 2. The molecule has 1 unspecified atom stereocenters. The summed E-state index contributed by atoms with van der Waals surface area (Å²) in [7, 11) is 1.31. The molecule has 0 aromatic carbocycles.